The van der Waals surface area contributed by atoms with Crippen molar-refractivity contribution >= 4 is 58.6 Å². The number of fused-ring (bicyclic) bond motifs is 1. The predicted octanol–water partition coefficient (Wildman–Crippen LogP) is 3.36. The second-order valence-corrected chi connectivity index (χ2v) is 10.2. The average Bonchev–Trinajstić information content (AvgIpc) is 2.92. The smallest absolute Gasteiger partial charge is 0.408 e. The fourth-order valence-corrected chi connectivity index (χ4v) is 5.16. The van der Waals surface area contributed by atoms with E-state index in [1.807, 2.05) is 0 Å². The monoisotopic (exact) mass is 583 g/mol. The van der Waals surface area contributed by atoms with E-state index in [4.69, 9.17) is 27.9 Å². The van der Waals surface area contributed by atoms with Crippen LogP contribution in [-0.4, -0.2) is 64.6 Å². The highest BCUT2D eigenvalue weighted by Gasteiger charge is 2.50. The molecule has 1 saturated heterocycles. The van der Waals surface area contributed by atoms with Crippen LogP contribution in [0.2, 0.25) is 10.2 Å². The predicted molar refractivity (Wildman–Crippen MR) is 127 cm³/mol. The van der Waals surface area contributed by atoms with Crippen molar-refractivity contribution in [2.75, 3.05) is 25.0 Å². The molecule has 3 N–H and O–H groups in total. The van der Waals surface area contributed by atoms with Crippen LogP contribution in [0, 0.1) is 5.82 Å². The normalized spacial score (nSPS) is 17.2. The number of hydrogen-bond acceptors (Lipinski definition) is 6. The van der Waals surface area contributed by atoms with Crippen molar-refractivity contribution in [2.24, 2.45) is 7.05 Å². The zero-order valence-electron chi connectivity index (χ0n) is 19.1. The zero-order valence-corrected chi connectivity index (χ0v) is 21.5. The minimum Gasteiger partial charge on any atom is -0.488 e. The molecule has 2 aliphatic heterocycles. The Labute approximate surface area is 221 Å². The molecule has 200 valence electrons. The van der Waals surface area contributed by atoms with Crippen LogP contribution >= 0.6 is 35.1 Å². The first kappa shape index (κ1) is 27.4. The van der Waals surface area contributed by atoms with Crippen molar-refractivity contribution < 1.29 is 36.7 Å². The molecule has 3 amide bonds. The van der Waals surface area contributed by atoms with Gasteiger partial charge in [-0.3, -0.25) is 14.4 Å². The van der Waals surface area contributed by atoms with Gasteiger partial charge in [-0.2, -0.15) is 13.2 Å². The van der Waals surface area contributed by atoms with Crippen molar-refractivity contribution in [3.05, 3.63) is 39.9 Å². The molecule has 4 rings (SSSR count). The first-order valence-electron chi connectivity index (χ1n) is 10.6. The maximum absolute atomic E-state index is 13.4. The highest BCUT2D eigenvalue weighted by atomic mass is 35.5. The Balaban J connectivity index is 1.44. The van der Waals surface area contributed by atoms with Crippen LogP contribution in [0.5, 0.6) is 5.75 Å². The Morgan fingerprint density at radius 2 is 1.92 bits per heavy atom. The molecule has 9 nitrogen and oxygen atoms in total. The molecule has 2 aliphatic rings. The standard InChI is InChI=1S/C21H19Cl2F4N5O4S/c1-9(21(25,26)27)28-18(34)19(35)32-6-20(7-32)8-36-14-13(31(2)16(23)15(14)37-30-20)17(33)29-10-3-4-12(24)11(22)5-10/h3-5,9,30H,6-8H2,1-2H3,(H,28,34)(H,29,33)/t9-/m1/s1. The van der Waals surface area contributed by atoms with Crippen LogP contribution in [0.3, 0.4) is 0 Å². The number of benzene rings is 1. The number of anilines is 1. The van der Waals surface area contributed by atoms with Gasteiger partial charge in [-0.15, -0.1) is 0 Å². The van der Waals surface area contributed by atoms with Crippen molar-refractivity contribution in [3.8, 4) is 5.75 Å². The van der Waals surface area contributed by atoms with Crippen LogP contribution in [0.15, 0.2) is 23.1 Å². The molecule has 1 aromatic heterocycles. The van der Waals surface area contributed by atoms with Gasteiger partial charge in [-0.1, -0.05) is 23.2 Å². The summed E-state index contributed by atoms with van der Waals surface area (Å²) in [5.41, 5.74) is -0.535. The maximum Gasteiger partial charge on any atom is 0.408 e. The van der Waals surface area contributed by atoms with Gasteiger partial charge in [0.1, 0.15) is 28.5 Å². The summed E-state index contributed by atoms with van der Waals surface area (Å²) in [6, 6.07) is 1.50. The number of aromatic nitrogens is 1. The molecule has 0 radical (unpaired) electrons. The minimum absolute atomic E-state index is 0.0315. The number of hydrogen-bond donors (Lipinski definition) is 3. The van der Waals surface area contributed by atoms with Crippen molar-refractivity contribution in [3.63, 3.8) is 0 Å². The largest absolute Gasteiger partial charge is 0.488 e. The summed E-state index contributed by atoms with van der Waals surface area (Å²) in [5.74, 6) is -3.56. The molecule has 2 aromatic rings. The number of alkyl halides is 3. The number of amides is 3. The van der Waals surface area contributed by atoms with Gasteiger partial charge in [0.15, 0.2) is 11.4 Å². The van der Waals surface area contributed by atoms with Crippen LogP contribution in [0.4, 0.5) is 23.2 Å². The maximum atomic E-state index is 13.4. The van der Waals surface area contributed by atoms with Gasteiger partial charge in [0.25, 0.3) is 5.91 Å². The lowest BCUT2D eigenvalue weighted by molar-refractivity contribution is -0.164. The van der Waals surface area contributed by atoms with Gasteiger partial charge >= 0.3 is 18.0 Å². The Hall–Kier alpha value is -2.68. The Morgan fingerprint density at radius 3 is 2.54 bits per heavy atom. The lowest BCUT2D eigenvalue weighted by atomic mass is 9.92. The number of rotatable bonds is 3. The summed E-state index contributed by atoms with van der Waals surface area (Å²) in [6.45, 7) is 0.631. The van der Waals surface area contributed by atoms with Crippen molar-refractivity contribution in [1.29, 1.82) is 0 Å². The van der Waals surface area contributed by atoms with E-state index in [9.17, 15) is 31.9 Å². The van der Waals surface area contributed by atoms with E-state index in [-0.39, 0.29) is 47.0 Å². The van der Waals surface area contributed by atoms with Crippen LogP contribution in [0.1, 0.15) is 17.4 Å². The molecule has 0 saturated carbocycles. The van der Waals surface area contributed by atoms with Gasteiger partial charge in [-0.25, -0.2) is 9.11 Å². The SMILES string of the molecule is C[C@@H](NC(=O)C(=O)N1CC2(COc3c(c(Cl)n(C)c3C(=O)Nc3ccc(F)c(Cl)c3)SN2)C1)C(F)(F)F. The number of halogens is 6. The highest BCUT2D eigenvalue weighted by molar-refractivity contribution is 7.97. The summed E-state index contributed by atoms with van der Waals surface area (Å²) >= 11 is 13.2. The molecule has 1 fully saturated rings. The van der Waals surface area contributed by atoms with Crippen LogP contribution in [-0.2, 0) is 16.6 Å². The van der Waals surface area contributed by atoms with E-state index in [2.05, 4.69) is 10.0 Å². The van der Waals surface area contributed by atoms with Crippen LogP contribution < -0.4 is 20.1 Å². The van der Waals surface area contributed by atoms with E-state index in [0.29, 0.717) is 4.90 Å². The van der Waals surface area contributed by atoms with E-state index < -0.39 is 41.3 Å². The summed E-state index contributed by atoms with van der Waals surface area (Å²) in [5, 5.41) is 4.24. The summed E-state index contributed by atoms with van der Waals surface area (Å²) < 4.78 is 61.9. The van der Waals surface area contributed by atoms with E-state index in [1.165, 1.54) is 16.7 Å². The number of ether oxygens (including phenoxy) is 1. The Bertz CT molecular complexity index is 1280. The number of nitrogens with one attached hydrogen (secondary N) is 3. The third kappa shape index (κ3) is 5.33. The molecule has 1 atom stereocenters. The van der Waals surface area contributed by atoms with E-state index in [1.54, 1.807) is 12.4 Å². The molecule has 37 heavy (non-hydrogen) atoms. The zero-order chi connectivity index (χ0) is 27.3. The van der Waals surface area contributed by atoms with Gasteiger partial charge in [0, 0.05) is 25.8 Å². The second kappa shape index (κ2) is 9.89. The second-order valence-electron chi connectivity index (χ2n) is 8.61. The molecule has 3 heterocycles. The molecular formula is C21H19Cl2F4N5O4S. The molecule has 0 bridgehead atoms. The number of carbonyl (C=O) groups excluding carboxylic acids is 3. The van der Waals surface area contributed by atoms with Crippen molar-refractivity contribution in [2.45, 2.75) is 29.6 Å². The van der Waals surface area contributed by atoms with Crippen molar-refractivity contribution in [1.82, 2.24) is 19.5 Å². The molecule has 1 aromatic carbocycles. The highest BCUT2D eigenvalue weighted by Crippen LogP contribution is 2.44. The number of nitrogens with zero attached hydrogens (tertiary/aromatic N) is 2. The lowest BCUT2D eigenvalue weighted by Gasteiger charge is -2.48. The first-order chi connectivity index (χ1) is 17.2. The number of carbonyl (C=O) groups is 3. The summed E-state index contributed by atoms with van der Waals surface area (Å²) in [6.07, 6.45) is -4.68. The average molecular weight is 584 g/mol. The van der Waals surface area contributed by atoms with E-state index in [0.717, 1.165) is 29.8 Å². The topological polar surface area (TPSA) is 105 Å². The first-order valence-corrected chi connectivity index (χ1v) is 12.2. The fraction of sp³-hybridized carbons (Fsp3) is 0.381. The summed E-state index contributed by atoms with van der Waals surface area (Å²) in [4.78, 5) is 38.7. The molecule has 1 spiro atoms. The van der Waals surface area contributed by atoms with Gasteiger partial charge in [0.05, 0.1) is 10.6 Å². The quantitative estimate of drug-likeness (QED) is 0.291. The fourth-order valence-electron chi connectivity index (χ4n) is 3.71. The Kier molecular flexibility index (Phi) is 7.31. The third-order valence-corrected chi connectivity index (χ3v) is 7.76. The Morgan fingerprint density at radius 1 is 1.24 bits per heavy atom. The molecule has 16 heteroatoms. The van der Waals surface area contributed by atoms with Gasteiger partial charge < -0.3 is 24.8 Å². The minimum atomic E-state index is -4.68. The lowest BCUT2D eigenvalue weighted by Crippen LogP contribution is -2.72. The van der Waals surface area contributed by atoms with Gasteiger partial charge in [0.2, 0.25) is 0 Å². The van der Waals surface area contributed by atoms with E-state index >= 15 is 0 Å². The molecular weight excluding hydrogens is 565 g/mol. The summed E-state index contributed by atoms with van der Waals surface area (Å²) in [7, 11) is 1.55. The molecule has 0 unspecified atom stereocenters. The van der Waals surface area contributed by atoms with Crippen LogP contribution in [0.25, 0.3) is 0 Å². The molecule has 0 aliphatic carbocycles. The number of likely N-dealkylation sites (tertiary alicyclic amines) is 1. The van der Waals surface area contributed by atoms with Gasteiger partial charge in [-0.05, 0) is 37.1 Å². The third-order valence-electron chi connectivity index (χ3n) is 5.80.